The minimum absolute atomic E-state index is 0.0332. The average molecular weight is 461 g/mol. The summed E-state index contributed by atoms with van der Waals surface area (Å²) >= 11 is 5.95. The first kappa shape index (κ1) is 21.0. The van der Waals surface area contributed by atoms with Gasteiger partial charge >= 0.3 is 0 Å². The fraction of sp³-hybridized carbons (Fsp3) is 0.217. The number of amides is 1. The molecule has 1 amide bonds. The number of nitrogens with zero attached hydrogens (tertiary/aromatic N) is 7. The lowest BCUT2D eigenvalue weighted by Crippen LogP contribution is -2.38. The van der Waals surface area contributed by atoms with Crippen molar-refractivity contribution in [1.82, 2.24) is 29.7 Å². The molecule has 0 unspecified atom stereocenters. The molecule has 3 aromatic heterocycles. The largest absolute Gasteiger partial charge is 0.355 e. The van der Waals surface area contributed by atoms with Crippen molar-refractivity contribution < 1.29 is 4.79 Å². The highest BCUT2D eigenvalue weighted by atomic mass is 35.5. The van der Waals surface area contributed by atoms with Crippen LogP contribution in [0.1, 0.15) is 12.8 Å². The Bertz CT molecular complexity index is 1220. The molecular formula is C23H21ClN8O. The molecule has 9 nitrogen and oxygen atoms in total. The first-order valence-corrected chi connectivity index (χ1v) is 11.0. The second-order valence-electron chi connectivity index (χ2n) is 7.77. The Labute approximate surface area is 195 Å². The molecule has 0 atom stereocenters. The Morgan fingerprint density at radius 3 is 2.52 bits per heavy atom. The van der Waals surface area contributed by atoms with Crippen LogP contribution in [-0.4, -0.2) is 48.7 Å². The van der Waals surface area contributed by atoms with E-state index >= 15 is 0 Å². The third kappa shape index (κ3) is 4.83. The van der Waals surface area contributed by atoms with Crippen molar-refractivity contribution in [2.24, 2.45) is 5.92 Å². The van der Waals surface area contributed by atoms with Crippen LogP contribution < -0.4 is 10.2 Å². The van der Waals surface area contributed by atoms with Gasteiger partial charge in [0.25, 0.3) is 0 Å². The Balaban J connectivity index is 1.17. The molecule has 1 aliphatic heterocycles. The van der Waals surface area contributed by atoms with E-state index in [1.165, 1.54) is 6.33 Å². The molecule has 4 aromatic rings. The van der Waals surface area contributed by atoms with Gasteiger partial charge in [0.15, 0.2) is 5.82 Å². The molecule has 33 heavy (non-hydrogen) atoms. The van der Waals surface area contributed by atoms with Crippen molar-refractivity contribution in [3.05, 3.63) is 72.5 Å². The molecule has 166 valence electrons. The maximum absolute atomic E-state index is 12.8. The average Bonchev–Trinajstić information content (AvgIpc) is 3.40. The van der Waals surface area contributed by atoms with E-state index < -0.39 is 0 Å². The number of benzene rings is 1. The van der Waals surface area contributed by atoms with Gasteiger partial charge in [-0.2, -0.15) is 0 Å². The van der Waals surface area contributed by atoms with Crippen molar-refractivity contribution in [3.63, 3.8) is 0 Å². The van der Waals surface area contributed by atoms with Gasteiger partial charge in [-0.1, -0.05) is 23.7 Å². The molecule has 0 spiro atoms. The lowest BCUT2D eigenvalue weighted by atomic mass is 9.96. The second-order valence-corrected chi connectivity index (χ2v) is 8.20. The number of imidazole rings is 1. The van der Waals surface area contributed by atoms with Crippen LogP contribution in [0, 0.1) is 5.92 Å². The van der Waals surface area contributed by atoms with Crippen LogP contribution in [0.3, 0.4) is 0 Å². The van der Waals surface area contributed by atoms with Crippen LogP contribution in [-0.2, 0) is 4.79 Å². The molecule has 0 bridgehead atoms. The van der Waals surface area contributed by atoms with Crippen LogP contribution in [0.25, 0.3) is 17.1 Å². The predicted molar refractivity (Wildman–Crippen MR) is 125 cm³/mol. The first-order chi connectivity index (χ1) is 16.2. The predicted octanol–water partition coefficient (Wildman–Crippen LogP) is 3.63. The van der Waals surface area contributed by atoms with Gasteiger partial charge in [-0.15, -0.1) is 10.2 Å². The minimum atomic E-state index is -0.0887. The summed E-state index contributed by atoms with van der Waals surface area (Å²) < 4.78 is 1.76. The molecule has 0 saturated carbocycles. The lowest BCUT2D eigenvalue weighted by Gasteiger charge is -2.31. The molecule has 0 radical (unpaired) electrons. The fourth-order valence-electron chi connectivity index (χ4n) is 3.82. The molecule has 1 fully saturated rings. The minimum Gasteiger partial charge on any atom is -0.355 e. The van der Waals surface area contributed by atoms with Gasteiger partial charge in [-0.25, -0.2) is 15.0 Å². The van der Waals surface area contributed by atoms with Gasteiger partial charge in [0, 0.05) is 48.1 Å². The number of halogens is 1. The third-order valence-electron chi connectivity index (χ3n) is 5.65. The number of aromatic nitrogens is 6. The highest BCUT2D eigenvalue weighted by Crippen LogP contribution is 2.25. The van der Waals surface area contributed by atoms with Gasteiger partial charge in [0.05, 0.1) is 5.69 Å². The Kier molecular flexibility index (Phi) is 5.95. The van der Waals surface area contributed by atoms with Crippen LogP contribution >= 0.6 is 11.6 Å². The Hall–Kier alpha value is -3.85. The van der Waals surface area contributed by atoms with Crippen molar-refractivity contribution >= 4 is 29.1 Å². The number of hydrogen-bond acceptors (Lipinski definition) is 7. The lowest BCUT2D eigenvalue weighted by molar-refractivity contribution is -0.120. The van der Waals surface area contributed by atoms with Crippen molar-refractivity contribution in [2.45, 2.75) is 12.8 Å². The summed E-state index contributed by atoms with van der Waals surface area (Å²) in [5.74, 6) is 1.81. The zero-order valence-electron chi connectivity index (χ0n) is 17.7. The summed E-state index contributed by atoms with van der Waals surface area (Å²) in [6.45, 7) is 1.47. The fourth-order valence-corrected chi connectivity index (χ4v) is 3.94. The topological polar surface area (TPSA) is 102 Å². The summed E-state index contributed by atoms with van der Waals surface area (Å²) in [7, 11) is 0. The number of piperidine rings is 1. The van der Waals surface area contributed by atoms with Crippen LogP contribution in [0.15, 0.2) is 67.5 Å². The molecule has 1 N–H and O–H groups in total. The SMILES string of the molecule is O=C(Nc1cc(-n2ccnc2)ncn1)C1CCN(c2ccc(-c3ccc(Cl)cc3)nn2)CC1. The van der Waals surface area contributed by atoms with Crippen LogP contribution in [0.5, 0.6) is 0 Å². The van der Waals surface area contributed by atoms with E-state index in [9.17, 15) is 4.79 Å². The monoisotopic (exact) mass is 460 g/mol. The quantitative estimate of drug-likeness (QED) is 0.485. The van der Waals surface area contributed by atoms with Crippen molar-refractivity contribution in [1.29, 1.82) is 0 Å². The van der Waals surface area contributed by atoms with Crippen LogP contribution in [0.2, 0.25) is 5.02 Å². The third-order valence-corrected chi connectivity index (χ3v) is 5.91. The normalized spacial score (nSPS) is 14.3. The number of anilines is 2. The zero-order chi connectivity index (χ0) is 22.6. The van der Waals surface area contributed by atoms with Crippen molar-refractivity contribution in [3.8, 4) is 17.1 Å². The highest BCUT2D eigenvalue weighted by Gasteiger charge is 2.26. The molecule has 10 heteroatoms. The number of carbonyl (C=O) groups excluding carboxylic acids is 1. The van der Waals surface area contributed by atoms with Gasteiger partial charge in [0.1, 0.15) is 24.3 Å². The number of nitrogens with one attached hydrogen (secondary N) is 1. The van der Waals surface area contributed by atoms with Crippen LogP contribution in [0.4, 0.5) is 11.6 Å². The van der Waals surface area contributed by atoms with E-state index in [-0.39, 0.29) is 11.8 Å². The Morgan fingerprint density at radius 1 is 1.00 bits per heavy atom. The van der Waals surface area contributed by atoms with E-state index in [1.807, 2.05) is 36.4 Å². The summed E-state index contributed by atoms with van der Waals surface area (Å²) in [4.78, 5) is 27.3. The van der Waals surface area contributed by atoms with Gasteiger partial charge in [-0.05, 0) is 37.1 Å². The van der Waals surface area contributed by atoms with E-state index in [1.54, 1.807) is 29.4 Å². The summed E-state index contributed by atoms with van der Waals surface area (Å²) in [5, 5.41) is 12.4. The van der Waals surface area contributed by atoms with E-state index in [0.29, 0.717) is 16.7 Å². The molecule has 1 saturated heterocycles. The number of carbonyl (C=O) groups is 1. The maximum atomic E-state index is 12.8. The zero-order valence-corrected chi connectivity index (χ0v) is 18.4. The number of rotatable bonds is 5. The first-order valence-electron chi connectivity index (χ1n) is 10.6. The maximum Gasteiger partial charge on any atom is 0.228 e. The second kappa shape index (κ2) is 9.33. The molecule has 0 aliphatic carbocycles. The number of hydrogen-bond donors (Lipinski definition) is 1. The standard InChI is InChI=1S/C23H21ClN8O/c24-18-3-1-16(2-4-18)19-5-6-21(30-29-19)31-10-7-17(8-11-31)23(33)28-20-13-22(27-14-26-20)32-12-9-25-15-32/h1-6,9,12-15,17H,7-8,10-11H2,(H,26,27,28,33). The molecule has 1 aromatic carbocycles. The summed E-state index contributed by atoms with van der Waals surface area (Å²) in [6.07, 6.45) is 7.99. The van der Waals surface area contributed by atoms with Gasteiger partial charge in [-0.3, -0.25) is 9.36 Å². The molecular weight excluding hydrogens is 440 g/mol. The van der Waals surface area contributed by atoms with E-state index in [0.717, 1.165) is 43.0 Å². The van der Waals surface area contributed by atoms with E-state index in [4.69, 9.17) is 11.6 Å². The summed E-state index contributed by atoms with van der Waals surface area (Å²) in [5.41, 5.74) is 1.76. The van der Waals surface area contributed by atoms with Gasteiger partial charge < -0.3 is 10.2 Å². The molecule has 4 heterocycles. The van der Waals surface area contributed by atoms with E-state index in [2.05, 4.69) is 35.4 Å². The Morgan fingerprint density at radius 2 is 1.82 bits per heavy atom. The molecule has 5 rings (SSSR count). The summed E-state index contributed by atoms with van der Waals surface area (Å²) in [6, 6.07) is 13.2. The molecule has 1 aliphatic rings. The van der Waals surface area contributed by atoms with Gasteiger partial charge in [0.2, 0.25) is 5.91 Å². The van der Waals surface area contributed by atoms with Crippen molar-refractivity contribution in [2.75, 3.05) is 23.3 Å². The smallest absolute Gasteiger partial charge is 0.228 e. The highest BCUT2D eigenvalue weighted by molar-refractivity contribution is 6.30.